The van der Waals surface area contributed by atoms with Gasteiger partial charge in [-0.2, -0.15) is 0 Å². The molecular weight excluding hydrogens is 366 g/mol. The van der Waals surface area contributed by atoms with Gasteiger partial charge in [-0.1, -0.05) is 17.7 Å². The molecule has 2 N–H and O–H groups in total. The topological polar surface area (TPSA) is 71.1 Å². The zero-order valence-electron chi connectivity index (χ0n) is 14.1. The Balaban J connectivity index is 1.51. The molecule has 0 spiro atoms. The lowest BCUT2D eigenvalue weighted by Crippen LogP contribution is -2.15. The number of hydrogen-bond acceptors (Lipinski definition) is 5. The molecule has 1 aromatic heterocycles. The number of carbonyl (C=O) groups is 2. The van der Waals surface area contributed by atoms with Crippen LogP contribution in [0.5, 0.6) is 0 Å². The van der Waals surface area contributed by atoms with Crippen molar-refractivity contribution in [1.29, 1.82) is 0 Å². The average Bonchev–Trinajstić information content (AvgIpc) is 3.15. The van der Waals surface area contributed by atoms with Crippen LogP contribution in [0.15, 0.2) is 65.0 Å². The second-order valence-electron chi connectivity index (χ2n) is 5.52. The summed E-state index contributed by atoms with van der Waals surface area (Å²) in [6, 6.07) is 14.8. The molecule has 2 amide bonds. The lowest BCUT2D eigenvalue weighted by molar-refractivity contribution is -0.113. The van der Waals surface area contributed by atoms with Crippen molar-refractivity contribution >= 4 is 45.7 Å². The molecule has 1 heterocycles. The molecule has 0 aliphatic carbocycles. The van der Waals surface area contributed by atoms with E-state index in [0.29, 0.717) is 22.1 Å². The van der Waals surface area contributed by atoms with E-state index in [1.807, 2.05) is 31.2 Å². The fourth-order valence-electron chi connectivity index (χ4n) is 2.14. The lowest BCUT2D eigenvalue weighted by Gasteiger charge is -2.07. The minimum absolute atomic E-state index is 0.0874. The van der Waals surface area contributed by atoms with Crippen molar-refractivity contribution in [3.63, 3.8) is 0 Å². The standard InChI is InChI=1S/C19H17N3O2S2/c1-13-2-8-16(9-3-13)26-12-17(23)21-15-6-4-14(5-7-15)18(24)22-19-20-10-11-25-19/h2-11H,12H2,1H3,(H,21,23)(H,20,22,24). The maximum absolute atomic E-state index is 12.1. The van der Waals surface area contributed by atoms with Crippen LogP contribution >= 0.6 is 23.1 Å². The molecule has 0 saturated heterocycles. The highest BCUT2D eigenvalue weighted by Gasteiger charge is 2.08. The van der Waals surface area contributed by atoms with Gasteiger partial charge in [0.2, 0.25) is 5.91 Å². The van der Waals surface area contributed by atoms with Crippen molar-refractivity contribution in [3.8, 4) is 0 Å². The first-order valence-corrected chi connectivity index (χ1v) is 9.77. The first-order chi connectivity index (χ1) is 12.6. The van der Waals surface area contributed by atoms with Crippen molar-refractivity contribution in [1.82, 2.24) is 4.98 Å². The smallest absolute Gasteiger partial charge is 0.257 e. The number of nitrogens with zero attached hydrogens (tertiary/aromatic N) is 1. The van der Waals surface area contributed by atoms with Gasteiger partial charge in [0.25, 0.3) is 5.91 Å². The van der Waals surface area contributed by atoms with Gasteiger partial charge in [-0.25, -0.2) is 4.98 Å². The highest BCUT2D eigenvalue weighted by atomic mass is 32.2. The highest BCUT2D eigenvalue weighted by Crippen LogP contribution is 2.19. The molecule has 0 saturated carbocycles. The normalized spacial score (nSPS) is 10.3. The maximum atomic E-state index is 12.1. The molecule has 26 heavy (non-hydrogen) atoms. The van der Waals surface area contributed by atoms with E-state index >= 15 is 0 Å². The van der Waals surface area contributed by atoms with Crippen LogP contribution in [0.4, 0.5) is 10.8 Å². The summed E-state index contributed by atoms with van der Waals surface area (Å²) in [5.74, 6) is 0.0123. The Labute approximate surface area is 159 Å². The van der Waals surface area contributed by atoms with Crippen molar-refractivity contribution < 1.29 is 9.59 Å². The third kappa shape index (κ3) is 5.18. The van der Waals surface area contributed by atoms with E-state index in [4.69, 9.17) is 0 Å². The molecule has 0 aliphatic heterocycles. The Morgan fingerprint density at radius 3 is 2.42 bits per heavy atom. The number of aromatic nitrogens is 1. The molecular formula is C19H17N3O2S2. The quantitative estimate of drug-likeness (QED) is 0.618. The number of rotatable bonds is 6. The Morgan fingerprint density at radius 2 is 1.77 bits per heavy atom. The number of thiazole rings is 1. The lowest BCUT2D eigenvalue weighted by atomic mass is 10.2. The van der Waals surface area contributed by atoms with Gasteiger partial charge in [0.1, 0.15) is 0 Å². The van der Waals surface area contributed by atoms with E-state index in [1.165, 1.54) is 28.7 Å². The molecule has 0 aliphatic rings. The molecule has 132 valence electrons. The number of amides is 2. The minimum Gasteiger partial charge on any atom is -0.325 e. The summed E-state index contributed by atoms with van der Waals surface area (Å²) in [4.78, 5) is 29.2. The molecule has 2 aromatic carbocycles. The van der Waals surface area contributed by atoms with Gasteiger partial charge in [0, 0.05) is 27.7 Å². The van der Waals surface area contributed by atoms with Crippen LogP contribution in [0.25, 0.3) is 0 Å². The first-order valence-electron chi connectivity index (χ1n) is 7.90. The summed E-state index contributed by atoms with van der Waals surface area (Å²) < 4.78 is 0. The predicted octanol–water partition coefficient (Wildman–Crippen LogP) is 4.43. The molecule has 0 bridgehead atoms. The number of thioether (sulfide) groups is 1. The molecule has 0 unspecified atom stereocenters. The summed E-state index contributed by atoms with van der Waals surface area (Å²) in [5.41, 5.74) is 2.36. The summed E-state index contributed by atoms with van der Waals surface area (Å²) in [5, 5.41) is 7.90. The zero-order chi connectivity index (χ0) is 18.4. The predicted molar refractivity (Wildman–Crippen MR) is 107 cm³/mol. The molecule has 0 atom stereocenters. The summed E-state index contributed by atoms with van der Waals surface area (Å²) in [7, 11) is 0. The van der Waals surface area contributed by atoms with Gasteiger partial charge in [-0.05, 0) is 43.3 Å². The molecule has 0 fully saturated rings. The van der Waals surface area contributed by atoms with Crippen LogP contribution in [0, 0.1) is 6.92 Å². The zero-order valence-corrected chi connectivity index (χ0v) is 15.7. The fourth-order valence-corrected chi connectivity index (χ4v) is 3.36. The second kappa shape index (κ2) is 8.64. The molecule has 7 heteroatoms. The summed E-state index contributed by atoms with van der Waals surface area (Å²) in [6.07, 6.45) is 1.63. The summed E-state index contributed by atoms with van der Waals surface area (Å²) in [6.45, 7) is 2.03. The number of anilines is 2. The fraction of sp³-hybridized carbons (Fsp3) is 0.105. The molecule has 3 rings (SSSR count). The minimum atomic E-state index is -0.229. The van der Waals surface area contributed by atoms with Crippen molar-refractivity contribution in [2.45, 2.75) is 11.8 Å². The number of aryl methyl sites for hydroxylation is 1. The summed E-state index contributed by atoms with van der Waals surface area (Å²) >= 11 is 2.84. The molecule has 0 radical (unpaired) electrons. The van der Waals surface area contributed by atoms with Gasteiger partial charge in [0.15, 0.2) is 5.13 Å². The first kappa shape index (κ1) is 18.2. The van der Waals surface area contributed by atoms with Gasteiger partial charge >= 0.3 is 0 Å². The Bertz CT molecular complexity index is 876. The largest absolute Gasteiger partial charge is 0.325 e. The van der Waals surface area contributed by atoms with Crippen LogP contribution in [0.1, 0.15) is 15.9 Å². The van der Waals surface area contributed by atoms with Gasteiger partial charge in [0.05, 0.1) is 5.75 Å². The average molecular weight is 383 g/mol. The number of nitrogens with one attached hydrogen (secondary N) is 2. The SMILES string of the molecule is Cc1ccc(SCC(=O)Nc2ccc(C(=O)Nc3nccs3)cc2)cc1. The van der Waals surface area contributed by atoms with Crippen LogP contribution in [-0.2, 0) is 4.79 Å². The third-order valence-electron chi connectivity index (χ3n) is 3.47. The van der Waals surface area contributed by atoms with Crippen LogP contribution in [0.2, 0.25) is 0 Å². The van der Waals surface area contributed by atoms with E-state index < -0.39 is 0 Å². The molecule has 3 aromatic rings. The Kier molecular flexibility index (Phi) is 6.04. The third-order valence-corrected chi connectivity index (χ3v) is 5.18. The maximum Gasteiger partial charge on any atom is 0.257 e. The van der Waals surface area contributed by atoms with Crippen molar-refractivity contribution in [2.75, 3.05) is 16.4 Å². The van der Waals surface area contributed by atoms with Gasteiger partial charge < -0.3 is 5.32 Å². The van der Waals surface area contributed by atoms with E-state index in [9.17, 15) is 9.59 Å². The Morgan fingerprint density at radius 1 is 1.04 bits per heavy atom. The highest BCUT2D eigenvalue weighted by molar-refractivity contribution is 8.00. The number of carbonyl (C=O) groups excluding carboxylic acids is 2. The van der Waals surface area contributed by atoms with Crippen LogP contribution in [0.3, 0.4) is 0 Å². The van der Waals surface area contributed by atoms with E-state index in [1.54, 1.807) is 35.8 Å². The molecule has 5 nitrogen and oxygen atoms in total. The van der Waals surface area contributed by atoms with Crippen LogP contribution < -0.4 is 10.6 Å². The van der Waals surface area contributed by atoms with E-state index in [-0.39, 0.29) is 11.8 Å². The van der Waals surface area contributed by atoms with Crippen LogP contribution in [-0.4, -0.2) is 22.6 Å². The van der Waals surface area contributed by atoms with E-state index in [0.717, 1.165) is 4.90 Å². The Hall–Kier alpha value is -2.64. The van der Waals surface area contributed by atoms with Crippen molar-refractivity contribution in [3.05, 3.63) is 71.2 Å². The van der Waals surface area contributed by atoms with E-state index in [2.05, 4.69) is 15.6 Å². The van der Waals surface area contributed by atoms with Gasteiger partial charge in [-0.15, -0.1) is 23.1 Å². The number of hydrogen-bond donors (Lipinski definition) is 2. The number of benzene rings is 2. The van der Waals surface area contributed by atoms with Gasteiger partial charge in [-0.3, -0.25) is 14.9 Å². The monoisotopic (exact) mass is 383 g/mol. The van der Waals surface area contributed by atoms with Crippen molar-refractivity contribution in [2.24, 2.45) is 0 Å². The second-order valence-corrected chi connectivity index (χ2v) is 7.46.